The summed E-state index contributed by atoms with van der Waals surface area (Å²) in [6.07, 6.45) is 5.03. The van der Waals surface area contributed by atoms with Gasteiger partial charge in [0.25, 0.3) is 0 Å². The Hall–Kier alpha value is -0.460. The topological polar surface area (TPSA) is 37.4 Å². The van der Waals surface area contributed by atoms with E-state index < -0.39 is 15.8 Å². The fourth-order valence-corrected chi connectivity index (χ4v) is 4.02. The lowest BCUT2D eigenvalue weighted by molar-refractivity contribution is 0.364. The second kappa shape index (κ2) is 6.33. The SMILES string of the molecule is O=S(=O)(c1ccc(Br)c(F)c1)N1CCCCCCC1. The molecule has 1 aromatic carbocycles. The van der Waals surface area contributed by atoms with Crippen LogP contribution in [0.5, 0.6) is 0 Å². The lowest BCUT2D eigenvalue weighted by Gasteiger charge is -2.24. The summed E-state index contributed by atoms with van der Waals surface area (Å²) in [5, 5.41) is 0. The molecular weight excluding hydrogens is 333 g/mol. The molecule has 6 heteroatoms. The molecule has 0 bridgehead atoms. The largest absolute Gasteiger partial charge is 0.243 e. The number of hydrogen-bond acceptors (Lipinski definition) is 2. The van der Waals surface area contributed by atoms with Crippen molar-refractivity contribution in [3.8, 4) is 0 Å². The minimum absolute atomic E-state index is 0.0359. The van der Waals surface area contributed by atoms with Gasteiger partial charge in [-0.05, 0) is 47.0 Å². The van der Waals surface area contributed by atoms with Gasteiger partial charge in [0.2, 0.25) is 10.0 Å². The number of sulfonamides is 1. The molecule has 19 heavy (non-hydrogen) atoms. The molecule has 0 atom stereocenters. The second-order valence-electron chi connectivity index (χ2n) is 4.75. The standard InChI is InChI=1S/C13H17BrFNO2S/c14-12-7-6-11(10-13(12)15)19(17,18)16-8-4-2-1-3-5-9-16/h6-7,10H,1-5,8-9H2. The van der Waals surface area contributed by atoms with Crippen LogP contribution in [0.25, 0.3) is 0 Å². The average Bonchev–Trinajstić information content (AvgIpc) is 2.31. The van der Waals surface area contributed by atoms with Crippen molar-refractivity contribution < 1.29 is 12.8 Å². The number of rotatable bonds is 2. The Balaban J connectivity index is 2.26. The highest BCUT2D eigenvalue weighted by Gasteiger charge is 2.25. The van der Waals surface area contributed by atoms with Gasteiger partial charge in [-0.15, -0.1) is 0 Å². The van der Waals surface area contributed by atoms with Crippen LogP contribution in [-0.4, -0.2) is 25.8 Å². The molecule has 2 rings (SSSR count). The van der Waals surface area contributed by atoms with E-state index in [1.165, 1.54) is 22.9 Å². The summed E-state index contributed by atoms with van der Waals surface area (Å²) < 4.78 is 40.2. The summed E-state index contributed by atoms with van der Waals surface area (Å²) in [7, 11) is -3.57. The van der Waals surface area contributed by atoms with Crippen molar-refractivity contribution in [2.75, 3.05) is 13.1 Å². The first-order chi connectivity index (χ1) is 9.01. The molecule has 0 amide bonds. The summed E-state index contributed by atoms with van der Waals surface area (Å²) in [6.45, 7) is 1.06. The third-order valence-electron chi connectivity index (χ3n) is 3.34. The van der Waals surface area contributed by atoms with E-state index in [4.69, 9.17) is 0 Å². The van der Waals surface area contributed by atoms with Gasteiger partial charge in [-0.3, -0.25) is 0 Å². The maximum atomic E-state index is 13.5. The molecule has 1 fully saturated rings. The van der Waals surface area contributed by atoms with Gasteiger partial charge in [-0.2, -0.15) is 4.31 Å². The number of halogens is 2. The van der Waals surface area contributed by atoms with Crippen LogP contribution < -0.4 is 0 Å². The zero-order valence-corrected chi connectivity index (χ0v) is 13.0. The molecule has 1 heterocycles. The maximum Gasteiger partial charge on any atom is 0.243 e. The van der Waals surface area contributed by atoms with Crippen molar-refractivity contribution in [3.63, 3.8) is 0 Å². The summed E-state index contributed by atoms with van der Waals surface area (Å²) in [5.74, 6) is -0.548. The average molecular weight is 350 g/mol. The Morgan fingerprint density at radius 3 is 2.21 bits per heavy atom. The quantitative estimate of drug-likeness (QED) is 0.818. The predicted octanol–water partition coefficient (Wildman–Crippen LogP) is 3.54. The minimum Gasteiger partial charge on any atom is -0.207 e. The number of hydrogen-bond donors (Lipinski definition) is 0. The van der Waals surface area contributed by atoms with Crippen LogP contribution in [0, 0.1) is 5.82 Å². The van der Waals surface area contributed by atoms with Gasteiger partial charge in [-0.1, -0.05) is 19.3 Å². The van der Waals surface area contributed by atoms with E-state index in [2.05, 4.69) is 15.9 Å². The number of benzene rings is 1. The van der Waals surface area contributed by atoms with Gasteiger partial charge in [0.05, 0.1) is 9.37 Å². The molecule has 1 aliphatic rings. The van der Waals surface area contributed by atoms with Gasteiger partial charge in [0, 0.05) is 13.1 Å². The summed E-state index contributed by atoms with van der Waals surface area (Å²) in [4.78, 5) is 0.0359. The zero-order chi connectivity index (χ0) is 13.9. The van der Waals surface area contributed by atoms with Crippen LogP contribution in [0.4, 0.5) is 4.39 Å². The highest BCUT2D eigenvalue weighted by molar-refractivity contribution is 9.10. The lowest BCUT2D eigenvalue weighted by Crippen LogP contribution is -2.33. The van der Waals surface area contributed by atoms with Gasteiger partial charge >= 0.3 is 0 Å². The van der Waals surface area contributed by atoms with Crippen LogP contribution in [0.1, 0.15) is 32.1 Å². The molecule has 0 saturated carbocycles. The minimum atomic E-state index is -3.57. The van der Waals surface area contributed by atoms with Crippen LogP contribution in [0.3, 0.4) is 0 Å². The molecule has 0 unspecified atom stereocenters. The Bertz CT molecular complexity index is 540. The van der Waals surface area contributed by atoms with E-state index in [1.807, 2.05) is 0 Å². The highest BCUT2D eigenvalue weighted by Crippen LogP contribution is 2.23. The predicted molar refractivity (Wildman–Crippen MR) is 75.9 cm³/mol. The van der Waals surface area contributed by atoms with Crippen molar-refractivity contribution in [3.05, 3.63) is 28.5 Å². The first-order valence-electron chi connectivity index (χ1n) is 6.47. The van der Waals surface area contributed by atoms with Crippen molar-refractivity contribution in [1.29, 1.82) is 0 Å². The maximum absolute atomic E-state index is 13.5. The molecule has 0 spiro atoms. The first kappa shape index (κ1) is 14.9. The van der Waals surface area contributed by atoms with Crippen molar-refractivity contribution in [1.82, 2.24) is 4.31 Å². The molecule has 1 saturated heterocycles. The normalized spacial score (nSPS) is 18.8. The summed E-state index contributed by atoms with van der Waals surface area (Å²) in [5.41, 5.74) is 0. The van der Waals surface area contributed by atoms with Crippen LogP contribution >= 0.6 is 15.9 Å². The van der Waals surface area contributed by atoms with Crippen molar-refractivity contribution in [2.45, 2.75) is 37.0 Å². The van der Waals surface area contributed by atoms with E-state index in [-0.39, 0.29) is 9.37 Å². The van der Waals surface area contributed by atoms with Crippen LogP contribution in [0.2, 0.25) is 0 Å². The van der Waals surface area contributed by atoms with Crippen LogP contribution in [-0.2, 0) is 10.0 Å². The monoisotopic (exact) mass is 349 g/mol. The fraction of sp³-hybridized carbons (Fsp3) is 0.538. The molecule has 1 aliphatic heterocycles. The molecule has 0 aromatic heterocycles. The van der Waals surface area contributed by atoms with E-state index >= 15 is 0 Å². The van der Waals surface area contributed by atoms with Gasteiger partial charge in [-0.25, -0.2) is 12.8 Å². The Labute approximate surface area is 122 Å². The molecule has 3 nitrogen and oxygen atoms in total. The third-order valence-corrected chi connectivity index (χ3v) is 5.88. The Kier molecular flexibility index (Phi) is 4.97. The van der Waals surface area contributed by atoms with E-state index in [9.17, 15) is 12.8 Å². The molecule has 0 radical (unpaired) electrons. The second-order valence-corrected chi connectivity index (χ2v) is 7.54. The highest BCUT2D eigenvalue weighted by atomic mass is 79.9. The number of nitrogens with zero attached hydrogens (tertiary/aromatic N) is 1. The van der Waals surface area contributed by atoms with Crippen molar-refractivity contribution in [2.24, 2.45) is 0 Å². The fourth-order valence-electron chi connectivity index (χ4n) is 2.25. The third kappa shape index (κ3) is 3.55. The lowest BCUT2D eigenvalue weighted by atomic mass is 10.1. The molecular formula is C13H17BrFNO2S. The smallest absolute Gasteiger partial charge is 0.207 e. The molecule has 1 aromatic rings. The van der Waals surface area contributed by atoms with Crippen molar-refractivity contribution >= 4 is 26.0 Å². The summed E-state index contributed by atoms with van der Waals surface area (Å²) in [6, 6.07) is 3.96. The van der Waals surface area contributed by atoms with E-state index in [1.54, 1.807) is 0 Å². The van der Waals surface area contributed by atoms with Gasteiger partial charge in [0.15, 0.2) is 0 Å². The van der Waals surface area contributed by atoms with Gasteiger partial charge < -0.3 is 0 Å². The Morgan fingerprint density at radius 2 is 1.63 bits per heavy atom. The van der Waals surface area contributed by atoms with Gasteiger partial charge in [0.1, 0.15) is 5.82 Å². The van der Waals surface area contributed by atoms with E-state index in [0.717, 1.165) is 31.7 Å². The first-order valence-corrected chi connectivity index (χ1v) is 8.70. The summed E-state index contributed by atoms with van der Waals surface area (Å²) >= 11 is 3.03. The molecule has 0 N–H and O–H groups in total. The van der Waals surface area contributed by atoms with E-state index in [0.29, 0.717) is 13.1 Å². The zero-order valence-electron chi connectivity index (χ0n) is 10.6. The molecule has 106 valence electrons. The molecule has 0 aliphatic carbocycles. The Morgan fingerprint density at radius 1 is 1.05 bits per heavy atom. The van der Waals surface area contributed by atoms with Crippen LogP contribution in [0.15, 0.2) is 27.6 Å².